The summed E-state index contributed by atoms with van der Waals surface area (Å²) < 4.78 is 7.72. The number of carbonyl (C=O) groups is 1. The predicted molar refractivity (Wildman–Crippen MR) is 89.7 cm³/mol. The molecule has 3 rings (SSSR count). The Balaban J connectivity index is 1.58. The molecule has 3 heterocycles. The first-order valence-electron chi connectivity index (χ1n) is 8.24. The summed E-state index contributed by atoms with van der Waals surface area (Å²) in [6.45, 7) is 9.03. The Kier molecular flexibility index (Phi) is 4.96. The minimum Gasteiger partial charge on any atom is -0.371 e. The Hall–Kier alpha value is -2.19. The normalized spacial score (nSPS) is 18.7. The molecule has 8 heteroatoms. The van der Waals surface area contributed by atoms with E-state index in [4.69, 9.17) is 4.74 Å². The zero-order valence-electron chi connectivity index (χ0n) is 14.4. The number of amides is 1. The van der Waals surface area contributed by atoms with Gasteiger partial charge in [-0.25, -0.2) is 0 Å². The average molecular weight is 332 g/mol. The van der Waals surface area contributed by atoms with Crippen molar-refractivity contribution in [1.82, 2.24) is 24.9 Å². The molecular weight excluding hydrogens is 308 g/mol. The third kappa shape index (κ3) is 3.65. The van der Waals surface area contributed by atoms with Gasteiger partial charge in [0, 0.05) is 31.4 Å². The lowest BCUT2D eigenvalue weighted by Gasteiger charge is -2.31. The Morgan fingerprint density at radius 2 is 2.33 bits per heavy atom. The number of nitrogens with one attached hydrogen (secondary N) is 2. The van der Waals surface area contributed by atoms with Gasteiger partial charge in [0.15, 0.2) is 0 Å². The number of rotatable bonds is 5. The highest BCUT2D eigenvalue weighted by molar-refractivity contribution is 5.93. The summed E-state index contributed by atoms with van der Waals surface area (Å²) in [4.78, 5) is 14.4. The number of aryl methyl sites for hydroxylation is 3. The number of carbonyl (C=O) groups excluding carboxylic acids is 1. The van der Waals surface area contributed by atoms with Crippen molar-refractivity contribution in [3.8, 4) is 0 Å². The molecular formula is C16H24N6O2. The van der Waals surface area contributed by atoms with E-state index in [1.54, 1.807) is 0 Å². The number of hydrogen-bond acceptors (Lipinski definition) is 5. The number of anilines is 1. The molecule has 0 spiro atoms. The summed E-state index contributed by atoms with van der Waals surface area (Å²) in [5, 5.41) is 14.2. The first-order valence-corrected chi connectivity index (χ1v) is 8.24. The summed E-state index contributed by atoms with van der Waals surface area (Å²) in [5.74, 6) is -0.0347. The molecule has 0 aromatic carbocycles. The van der Waals surface area contributed by atoms with E-state index in [2.05, 4.69) is 32.4 Å². The summed E-state index contributed by atoms with van der Waals surface area (Å²) in [5.41, 5.74) is 3.50. The molecule has 1 unspecified atom stereocenters. The molecule has 1 atom stereocenters. The molecule has 8 nitrogen and oxygen atoms in total. The highest BCUT2D eigenvalue weighted by Gasteiger charge is 2.25. The lowest BCUT2D eigenvalue weighted by Crippen LogP contribution is -2.42. The Morgan fingerprint density at radius 3 is 3.00 bits per heavy atom. The maximum absolute atomic E-state index is 12.3. The van der Waals surface area contributed by atoms with Gasteiger partial charge < -0.3 is 10.1 Å². The van der Waals surface area contributed by atoms with Crippen LogP contribution in [0.2, 0.25) is 0 Å². The van der Waals surface area contributed by atoms with Crippen molar-refractivity contribution in [2.75, 3.05) is 31.6 Å². The maximum atomic E-state index is 12.3. The van der Waals surface area contributed by atoms with Gasteiger partial charge in [-0.2, -0.15) is 10.2 Å². The molecule has 0 radical (unpaired) electrons. The molecule has 0 bridgehead atoms. The number of H-pyrrole nitrogens is 1. The van der Waals surface area contributed by atoms with Gasteiger partial charge in [-0.15, -0.1) is 0 Å². The first-order chi connectivity index (χ1) is 11.6. The zero-order valence-corrected chi connectivity index (χ0v) is 14.4. The van der Waals surface area contributed by atoms with Gasteiger partial charge >= 0.3 is 0 Å². The Labute approximate surface area is 141 Å². The first kappa shape index (κ1) is 16.7. The van der Waals surface area contributed by atoms with Crippen molar-refractivity contribution in [2.24, 2.45) is 0 Å². The van der Waals surface area contributed by atoms with Gasteiger partial charge in [0.2, 0.25) is 5.91 Å². The van der Waals surface area contributed by atoms with Gasteiger partial charge in [-0.1, -0.05) is 0 Å². The zero-order chi connectivity index (χ0) is 17.1. The van der Waals surface area contributed by atoms with E-state index < -0.39 is 0 Å². The van der Waals surface area contributed by atoms with Crippen molar-refractivity contribution < 1.29 is 9.53 Å². The molecule has 0 aliphatic carbocycles. The monoisotopic (exact) mass is 332 g/mol. The Bertz CT molecular complexity index is 688. The molecule has 2 aromatic heterocycles. The van der Waals surface area contributed by atoms with Crippen molar-refractivity contribution in [3.63, 3.8) is 0 Å². The van der Waals surface area contributed by atoms with Crippen LogP contribution >= 0.6 is 0 Å². The summed E-state index contributed by atoms with van der Waals surface area (Å²) in [6, 6.07) is 0. The van der Waals surface area contributed by atoms with Crippen molar-refractivity contribution in [3.05, 3.63) is 29.3 Å². The smallest absolute Gasteiger partial charge is 0.238 e. The quantitative estimate of drug-likeness (QED) is 0.860. The van der Waals surface area contributed by atoms with Crippen LogP contribution in [0.25, 0.3) is 0 Å². The highest BCUT2D eigenvalue weighted by Crippen LogP contribution is 2.22. The van der Waals surface area contributed by atoms with Gasteiger partial charge in [-0.05, 0) is 20.8 Å². The molecule has 2 N–H and O–H groups in total. The van der Waals surface area contributed by atoms with Crippen LogP contribution in [-0.2, 0) is 16.1 Å². The minimum absolute atomic E-state index is 0.0347. The fourth-order valence-corrected chi connectivity index (χ4v) is 2.88. The van der Waals surface area contributed by atoms with E-state index in [-0.39, 0.29) is 12.0 Å². The third-order valence-electron chi connectivity index (χ3n) is 4.26. The van der Waals surface area contributed by atoms with Gasteiger partial charge in [0.1, 0.15) is 0 Å². The fourth-order valence-electron chi connectivity index (χ4n) is 2.88. The maximum Gasteiger partial charge on any atom is 0.238 e. The molecule has 24 heavy (non-hydrogen) atoms. The van der Waals surface area contributed by atoms with E-state index in [0.717, 1.165) is 35.7 Å². The second kappa shape index (κ2) is 7.14. The van der Waals surface area contributed by atoms with E-state index in [1.807, 2.05) is 30.9 Å². The highest BCUT2D eigenvalue weighted by atomic mass is 16.5. The molecule has 2 aromatic rings. The minimum atomic E-state index is -0.0377. The van der Waals surface area contributed by atoms with Crippen LogP contribution < -0.4 is 5.32 Å². The van der Waals surface area contributed by atoms with Gasteiger partial charge in [0.05, 0.1) is 42.5 Å². The van der Waals surface area contributed by atoms with Gasteiger partial charge in [-0.3, -0.25) is 19.5 Å². The summed E-state index contributed by atoms with van der Waals surface area (Å²) in [6.07, 6.45) is 3.81. The van der Waals surface area contributed by atoms with E-state index in [9.17, 15) is 4.79 Å². The fraction of sp³-hybridized carbons (Fsp3) is 0.562. The van der Waals surface area contributed by atoms with Crippen molar-refractivity contribution in [1.29, 1.82) is 0 Å². The van der Waals surface area contributed by atoms with Gasteiger partial charge in [0.25, 0.3) is 0 Å². The number of aromatic nitrogens is 4. The lowest BCUT2D eigenvalue weighted by atomic mass is 10.1. The molecule has 1 fully saturated rings. The van der Waals surface area contributed by atoms with Crippen LogP contribution in [0.15, 0.2) is 12.4 Å². The standard InChI is InChI=1S/C16H24N6O2/c1-4-22-8-13(7-17-22)14-9-21(5-6-24-14)10-15(23)18-16-11(2)19-20-12(16)3/h7-8,14H,4-6,9-10H2,1-3H3,(H,18,23)(H,19,20). The van der Waals surface area contributed by atoms with Crippen LogP contribution in [0.3, 0.4) is 0 Å². The van der Waals surface area contributed by atoms with Crippen LogP contribution in [-0.4, -0.2) is 57.0 Å². The lowest BCUT2D eigenvalue weighted by molar-refractivity contribution is -0.119. The summed E-state index contributed by atoms with van der Waals surface area (Å²) in [7, 11) is 0. The average Bonchev–Trinajstić information content (AvgIpc) is 3.17. The number of nitrogens with zero attached hydrogens (tertiary/aromatic N) is 4. The van der Waals surface area contributed by atoms with Crippen LogP contribution in [0, 0.1) is 13.8 Å². The second-order valence-corrected chi connectivity index (χ2v) is 6.08. The molecule has 1 aliphatic rings. The number of aromatic amines is 1. The largest absolute Gasteiger partial charge is 0.371 e. The van der Waals surface area contributed by atoms with Crippen LogP contribution in [0.1, 0.15) is 30.0 Å². The van der Waals surface area contributed by atoms with E-state index in [1.165, 1.54) is 0 Å². The summed E-state index contributed by atoms with van der Waals surface area (Å²) >= 11 is 0. The van der Waals surface area contributed by atoms with E-state index >= 15 is 0 Å². The molecule has 1 saturated heterocycles. The number of morpholine rings is 1. The topological polar surface area (TPSA) is 88.1 Å². The molecule has 130 valence electrons. The third-order valence-corrected chi connectivity index (χ3v) is 4.26. The predicted octanol–water partition coefficient (Wildman–Crippen LogP) is 1.25. The van der Waals surface area contributed by atoms with E-state index in [0.29, 0.717) is 19.7 Å². The van der Waals surface area contributed by atoms with Crippen molar-refractivity contribution >= 4 is 11.6 Å². The van der Waals surface area contributed by atoms with Crippen LogP contribution in [0.5, 0.6) is 0 Å². The SMILES string of the molecule is CCn1cc(C2CN(CC(=O)Nc3c(C)n[nH]c3C)CCO2)cn1. The molecule has 1 amide bonds. The molecule has 1 aliphatic heterocycles. The molecule has 0 saturated carbocycles. The van der Waals surface area contributed by atoms with Crippen molar-refractivity contribution in [2.45, 2.75) is 33.4 Å². The number of ether oxygens (including phenoxy) is 1. The van der Waals surface area contributed by atoms with Crippen LogP contribution in [0.4, 0.5) is 5.69 Å². The second-order valence-electron chi connectivity index (χ2n) is 6.08. The number of hydrogen-bond donors (Lipinski definition) is 2. The Morgan fingerprint density at radius 1 is 1.50 bits per heavy atom.